The molecule has 0 aliphatic rings. The lowest BCUT2D eigenvalue weighted by molar-refractivity contribution is -0.411. The van der Waals surface area contributed by atoms with Crippen LogP contribution >= 0.6 is 0 Å². The van der Waals surface area contributed by atoms with Crippen LogP contribution in [0, 0.1) is 0 Å². The molecule has 15 heteroatoms. The lowest BCUT2D eigenvalue weighted by Crippen LogP contribution is -2.41. The third-order valence-electron chi connectivity index (χ3n) is 3.57. The molecule has 31 heavy (non-hydrogen) atoms. The number of alkyl halides is 6. The van der Waals surface area contributed by atoms with Crippen molar-refractivity contribution in [1.29, 1.82) is 0 Å². The van der Waals surface area contributed by atoms with Gasteiger partial charge in [0.15, 0.2) is 0 Å². The zero-order valence-corrected chi connectivity index (χ0v) is 14.7. The van der Waals surface area contributed by atoms with E-state index in [1.807, 2.05) is 4.98 Å². The number of carboxylic acid groups (broad SMARTS) is 2. The summed E-state index contributed by atoms with van der Waals surface area (Å²) in [5, 5.41) is 18.5. The largest absolute Gasteiger partial charge is 0.525 e. The first-order chi connectivity index (χ1) is 14.1. The van der Waals surface area contributed by atoms with Gasteiger partial charge in [-0.05, 0) is 17.7 Å². The Morgan fingerprint density at radius 3 is 1.97 bits per heavy atom. The van der Waals surface area contributed by atoms with Crippen molar-refractivity contribution in [2.45, 2.75) is 18.8 Å². The number of aromatic carboxylic acids is 2. The number of benzene rings is 1. The SMILES string of the molecule is Nc1[nH]c(=O)c(C(=O)O)c(-c2ccc(OC(F)(F)C(F)OC(F)(F)F)cc2)c1C(=O)O. The van der Waals surface area contributed by atoms with E-state index in [0.717, 1.165) is 12.1 Å². The van der Waals surface area contributed by atoms with Crippen molar-refractivity contribution >= 4 is 17.8 Å². The average Bonchev–Trinajstić information content (AvgIpc) is 2.59. The fourth-order valence-electron chi connectivity index (χ4n) is 2.41. The molecule has 0 amide bonds. The van der Waals surface area contributed by atoms with E-state index in [-0.39, 0.29) is 5.56 Å². The number of aromatic amines is 1. The van der Waals surface area contributed by atoms with Gasteiger partial charge in [0.1, 0.15) is 22.7 Å². The molecule has 0 bridgehead atoms. The van der Waals surface area contributed by atoms with Crippen LogP contribution in [0.3, 0.4) is 0 Å². The van der Waals surface area contributed by atoms with Gasteiger partial charge in [-0.3, -0.25) is 4.79 Å². The Balaban J connectivity index is 2.48. The van der Waals surface area contributed by atoms with Crippen molar-refractivity contribution in [3.8, 4) is 16.9 Å². The van der Waals surface area contributed by atoms with Crippen LogP contribution in [0.5, 0.6) is 5.75 Å². The predicted molar refractivity (Wildman–Crippen MR) is 88.4 cm³/mol. The molecule has 1 unspecified atom stereocenters. The monoisotopic (exact) mass is 456 g/mol. The fourth-order valence-corrected chi connectivity index (χ4v) is 2.41. The molecule has 1 aromatic carbocycles. The summed E-state index contributed by atoms with van der Waals surface area (Å²) >= 11 is 0. The third-order valence-corrected chi connectivity index (χ3v) is 3.57. The number of nitrogens with two attached hydrogens (primary N) is 1. The maximum Gasteiger partial charge on any atom is 0.525 e. The van der Waals surface area contributed by atoms with Gasteiger partial charge in [0.05, 0.1) is 0 Å². The molecule has 0 radical (unpaired) electrons. The number of carboxylic acids is 2. The number of H-pyrrole nitrogens is 1. The first kappa shape index (κ1) is 23.5. The molecule has 0 saturated carbocycles. The Hall–Kier alpha value is -3.75. The maximum atomic E-state index is 13.5. The highest BCUT2D eigenvalue weighted by molar-refractivity contribution is 6.07. The summed E-state index contributed by atoms with van der Waals surface area (Å²) in [6.07, 6.45) is -15.0. The summed E-state index contributed by atoms with van der Waals surface area (Å²) in [6.45, 7) is 0. The highest BCUT2D eigenvalue weighted by Crippen LogP contribution is 2.34. The number of hydrogen-bond acceptors (Lipinski definition) is 6. The van der Waals surface area contributed by atoms with E-state index in [1.165, 1.54) is 0 Å². The van der Waals surface area contributed by atoms with E-state index in [1.54, 1.807) is 0 Å². The van der Waals surface area contributed by atoms with Gasteiger partial charge in [-0.15, -0.1) is 13.2 Å². The van der Waals surface area contributed by atoms with Crippen LogP contribution in [0.1, 0.15) is 20.7 Å². The second-order valence-electron chi connectivity index (χ2n) is 5.67. The Labute approximate surface area is 166 Å². The molecule has 2 aromatic rings. The number of anilines is 1. The first-order valence-corrected chi connectivity index (χ1v) is 7.72. The molecule has 9 nitrogen and oxygen atoms in total. The topological polar surface area (TPSA) is 152 Å². The number of rotatable bonds is 7. The van der Waals surface area contributed by atoms with Gasteiger partial charge in [-0.1, -0.05) is 12.1 Å². The van der Waals surface area contributed by atoms with Gasteiger partial charge in [-0.25, -0.2) is 18.7 Å². The molecule has 1 atom stereocenters. The van der Waals surface area contributed by atoms with E-state index >= 15 is 0 Å². The van der Waals surface area contributed by atoms with Gasteiger partial charge in [-0.2, -0.15) is 8.78 Å². The van der Waals surface area contributed by atoms with Gasteiger partial charge < -0.3 is 25.7 Å². The minimum atomic E-state index is -5.71. The van der Waals surface area contributed by atoms with E-state index < -0.39 is 64.6 Å². The molecule has 1 heterocycles. The number of ether oxygens (including phenoxy) is 2. The minimum Gasteiger partial charge on any atom is -0.478 e. The van der Waals surface area contributed by atoms with Gasteiger partial charge in [0.25, 0.3) is 5.56 Å². The standard InChI is InChI=1S/C16H10F6N2O7/c17-14(31-16(20,21)22)15(18,19)30-6-3-1-5(2-4-6)7-8(12(26)27)10(23)24-11(25)9(7)13(28)29/h1-4,14H,(H,26,27)(H,28,29)(H3,23,24,25). The van der Waals surface area contributed by atoms with Crippen molar-refractivity contribution in [3.63, 3.8) is 0 Å². The van der Waals surface area contributed by atoms with Crippen LogP contribution in [0.15, 0.2) is 29.1 Å². The molecular formula is C16H10F6N2O7. The van der Waals surface area contributed by atoms with E-state index in [4.69, 9.17) is 5.73 Å². The molecule has 0 aliphatic heterocycles. The number of aromatic nitrogens is 1. The highest BCUT2D eigenvalue weighted by atomic mass is 19.4. The molecule has 0 aliphatic carbocycles. The number of hydrogen-bond donors (Lipinski definition) is 4. The zero-order valence-electron chi connectivity index (χ0n) is 14.7. The second kappa shape index (κ2) is 8.17. The van der Waals surface area contributed by atoms with E-state index in [9.17, 15) is 50.9 Å². The smallest absolute Gasteiger partial charge is 0.478 e. The van der Waals surface area contributed by atoms with Crippen molar-refractivity contribution in [2.75, 3.05) is 5.73 Å². The molecule has 0 saturated heterocycles. The van der Waals surface area contributed by atoms with Crippen molar-refractivity contribution in [3.05, 3.63) is 45.7 Å². The lowest BCUT2D eigenvalue weighted by atomic mass is 9.95. The predicted octanol–water partition coefficient (Wildman–Crippen LogP) is 2.82. The van der Waals surface area contributed by atoms with E-state index in [2.05, 4.69) is 9.47 Å². The third kappa shape index (κ3) is 5.25. The molecule has 0 spiro atoms. The van der Waals surface area contributed by atoms with E-state index in [0.29, 0.717) is 12.1 Å². The number of pyridine rings is 1. The van der Waals surface area contributed by atoms with Crippen LogP contribution in [-0.2, 0) is 4.74 Å². The van der Waals surface area contributed by atoms with Crippen LogP contribution in [-0.4, -0.2) is 46.0 Å². The number of carbonyl (C=O) groups is 2. The molecule has 5 N–H and O–H groups in total. The van der Waals surface area contributed by atoms with Crippen molar-refractivity contribution < 1.29 is 55.6 Å². The van der Waals surface area contributed by atoms with Gasteiger partial charge in [0, 0.05) is 5.56 Å². The lowest BCUT2D eigenvalue weighted by Gasteiger charge is -2.22. The number of halogens is 6. The summed E-state index contributed by atoms with van der Waals surface area (Å²) in [7, 11) is 0. The molecule has 1 aromatic heterocycles. The summed E-state index contributed by atoms with van der Waals surface area (Å²) in [5.74, 6) is -5.17. The summed E-state index contributed by atoms with van der Waals surface area (Å²) < 4.78 is 82.1. The fraction of sp³-hybridized carbons (Fsp3) is 0.188. The van der Waals surface area contributed by atoms with Crippen LogP contribution in [0.25, 0.3) is 11.1 Å². The van der Waals surface area contributed by atoms with Crippen LogP contribution in [0.2, 0.25) is 0 Å². The number of nitrogen functional groups attached to an aromatic ring is 1. The Kier molecular flexibility index (Phi) is 6.20. The summed E-state index contributed by atoms with van der Waals surface area (Å²) in [4.78, 5) is 36.7. The minimum absolute atomic E-state index is 0.313. The number of nitrogens with one attached hydrogen (secondary N) is 1. The van der Waals surface area contributed by atoms with Gasteiger partial charge >= 0.3 is 30.8 Å². The Morgan fingerprint density at radius 1 is 1.00 bits per heavy atom. The summed E-state index contributed by atoms with van der Waals surface area (Å²) in [6, 6.07) is 2.88. The normalized spacial score (nSPS) is 13.0. The first-order valence-electron chi connectivity index (χ1n) is 7.72. The molecule has 2 rings (SSSR count). The Morgan fingerprint density at radius 2 is 1.52 bits per heavy atom. The average molecular weight is 456 g/mol. The molecular weight excluding hydrogens is 446 g/mol. The second-order valence-corrected chi connectivity index (χ2v) is 5.67. The molecule has 168 valence electrons. The zero-order chi connectivity index (χ0) is 23.7. The maximum absolute atomic E-state index is 13.5. The summed E-state index contributed by atoms with van der Waals surface area (Å²) in [5.41, 5.74) is 1.32. The highest BCUT2D eigenvalue weighted by Gasteiger charge is 2.50. The molecule has 0 fully saturated rings. The Bertz CT molecular complexity index is 1070. The van der Waals surface area contributed by atoms with Crippen molar-refractivity contribution in [1.82, 2.24) is 4.98 Å². The van der Waals surface area contributed by atoms with Crippen LogP contribution < -0.4 is 16.0 Å². The van der Waals surface area contributed by atoms with Crippen LogP contribution in [0.4, 0.5) is 32.2 Å². The van der Waals surface area contributed by atoms with Gasteiger partial charge in [0.2, 0.25) is 0 Å². The van der Waals surface area contributed by atoms with Crippen molar-refractivity contribution in [2.24, 2.45) is 0 Å². The quantitative estimate of drug-likeness (QED) is 0.464.